The van der Waals surface area contributed by atoms with Crippen LogP contribution in [0.25, 0.3) is 0 Å². The van der Waals surface area contributed by atoms with Crippen molar-refractivity contribution in [1.82, 2.24) is 4.83 Å². The summed E-state index contributed by atoms with van der Waals surface area (Å²) in [6.07, 6.45) is 5.97. The number of hydrogen-bond donors (Lipinski definition) is 1. The average molecular weight is 246 g/mol. The molecule has 0 atom stereocenters. The highest BCUT2D eigenvalue weighted by Crippen LogP contribution is 2.09. The molecule has 4 nitrogen and oxygen atoms in total. The molecule has 0 aliphatic rings. The first kappa shape index (κ1) is 12.8. The van der Waals surface area contributed by atoms with Gasteiger partial charge in [-0.15, -0.1) is 6.42 Å². The van der Waals surface area contributed by atoms with Crippen LogP contribution in [-0.2, 0) is 10.0 Å². The Morgan fingerprint density at radius 1 is 1.35 bits per heavy atom. The van der Waals surface area contributed by atoms with Gasteiger partial charge in [0.15, 0.2) is 0 Å². The summed E-state index contributed by atoms with van der Waals surface area (Å²) in [7, 11) is -3.63. The third-order valence-corrected chi connectivity index (χ3v) is 3.02. The Bertz CT molecular complexity index is 611. The molecule has 0 saturated heterocycles. The molecule has 0 spiro atoms. The summed E-state index contributed by atoms with van der Waals surface area (Å²) in [5.74, 6) is 6.71. The topological polar surface area (TPSA) is 58.5 Å². The van der Waals surface area contributed by atoms with Crippen LogP contribution in [0.15, 0.2) is 34.3 Å². The average Bonchev–Trinajstić information content (AvgIpc) is 2.29. The first-order valence-electron chi connectivity index (χ1n) is 4.62. The van der Waals surface area contributed by atoms with Crippen LogP contribution >= 0.6 is 0 Å². The Hall–Kier alpha value is -2.24. The summed E-state index contributed by atoms with van der Waals surface area (Å²) in [4.78, 5) is 2.17. The summed E-state index contributed by atoms with van der Waals surface area (Å²) in [5, 5.41) is 3.45. The highest BCUT2D eigenvalue weighted by Gasteiger charge is 2.11. The molecule has 1 rings (SSSR count). The van der Waals surface area contributed by atoms with E-state index >= 15 is 0 Å². The molecule has 0 unspecified atom stereocenters. The maximum atomic E-state index is 11.7. The lowest BCUT2D eigenvalue weighted by Crippen LogP contribution is -2.18. The van der Waals surface area contributed by atoms with E-state index in [2.05, 4.69) is 22.9 Å². The Balaban J connectivity index is 2.80. The van der Waals surface area contributed by atoms with Gasteiger partial charge in [0.25, 0.3) is 10.0 Å². The molecular formula is C12H10N2O2S. The van der Waals surface area contributed by atoms with Crippen LogP contribution < -0.4 is 4.83 Å². The van der Waals surface area contributed by atoms with Crippen molar-refractivity contribution in [3.8, 4) is 24.2 Å². The van der Waals surface area contributed by atoms with Crippen LogP contribution in [0.3, 0.4) is 0 Å². The molecule has 0 aromatic heterocycles. The molecule has 0 aliphatic heterocycles. The van der Waals surface area contributed by atoms with E-state index in [0.29, 0.717) is 0 Å². The number of sulfonamides is 1. The monoisotopic (exact) mass is 246 g/mol. The molecule has 1 aromatic rings. The molecule has 17 heavy (non-hydrogen) atoms. The first-order chi connectivity index (χ1) is 8.06. The molecule has 0 amide bonds. The normalized spacial score (nSPS) is 10.4. The van der Waals surface area contributed by atoms with Crippen LogP contribution in [0.2, 0.25) is 0 Å². The third-order valence-electron chi connectivity index (χ3n) is 1.78. The van der Waals surface area contributed by atoms with Crippen molar-refractivity contribution in [2.24, 2.45) is 5.10 Å². The van der Waals surface area contributed by atoms with Crippen LogP contribution in [0.5, 0.6) is 0 Å². The number of rotatable bonds is 3. The number of nitrogens with zero attached hydrogens (tertiary/aromatic N) is 1. The van der Waals surface area contributed by atoms with Gasteiger partial charge in [-0.3, -0.25) is 0 Å². The molecule has 1 N–H and O–H groups in total. The van der Waals surface area contributed by atoms with Crippen LogP contribution in [0, 0.1) is 31.1 Å². The minimum atomic E-state index is -3.63. The standard InChI is InChI=1S/C12H10N2O2S/c1-3-4-5-10-13-14-17(15,16)12-8-6-11(2)7-9-12/h1,6-10,14H,2H3. The van der Waals surface area contributed by atoms with Crippen molar-refractivity contribution in [2.75, 3.05) is 0 Å². The van der Waals surface area contributed by atoms with Gasteiger partial charge in [0, 0.05) is 0 Å². The molecule has 0 heterocycles. The molecular weight excluding hydrogens is 236 g/mol. The first-order valence-corrected chi connectivity index (χ1v) is 6.11. The highest BCUT2D eigenvalue weighted by molar-refractivity contribution is 7.89. The van der Waals surface area contributed by atoms with E-state index in [-0.39, 0.29) is 4.90 Å². The maximum Gasteiger partial charge on any atom is 0.276 e. The molecule has 0 radical (unpaired) electrons. The fourth-order valence-electron chi connectivity index (χ4n) is 0.972. The quantitative estimate of drug-likeness (QED) is 0.489. The number of nitrogens with one attached hydrogen (secondary N) is 1. The minimum absolute atomic E-state index is 0.144. The summed E-state index contributed by atoms with van der Waals surface area (Å²) in [6.45, 7) is 1.87. The van der Waals surface area contributed by atoms with Gasteiger partial charge in [0.05, 0.1) is 11.1 Å². The molecule has 0 saturated carbocycles. The van der Waals surface area contributed by atoms with Gasteiger partial charge < -0.3 is 0 Å². The fourth-order valence-corrected chi connectivity index (χ4v) is 1.76. The predicted molar refractivity (Wildman–Crippen MR) is 66.6 cm³/mol. The Morgan fingerprint density at radius 3 is 2.59 bits per heavy atom. The fraction of sp³-hybridized carbons (Fsp3) is 0.0833. The van der Waals surface area contributed by atoms with E-state index < -0.39 is 10.0 Å². The number of terminal acetylenes is 1. The zero-order chi connectivity index (χ0) is 12.7. The molecule has 86 valence electrons. The van der Waals surface area contributed by atoms with Gasteiger partial charge in [-0.1, -0.05) is 17.7 Å². The van der Waals surface area contributed by atoms with E-state index in [1.807, 2.05) is 11.8 Å². The molecule has 0 bridgehead atoms. The van der Waals surface area contributed by atoms with E-state index in [4.69, 9.17) is 6.42 Å². The largest absolute Gasteiger partial charge is 0.276 e. The van der Waals surface area contributed by atoms with E-state index in [1.54, 1.807) is 12.1 Å². The van der Waals surface area contributed by atoms with E-state index in [0.717, 1.165) is 11.8 Å². The third kappa shape index (κ3) is 4.02. The lowest BCUT2D eigenvalue weighted by molar-refractivity contribution is 0.584. The zero-order valence-electron chi connectivity index (χ0n) is 9.14. The molecule has 0 fully saturated rings. The van der Waals surface area contributed by atoms with Gasteiger partial charge in [0.2, 0.25) is 0 Å². The van der Waals surface area contributed by atoms with Crippen molar-refractivity contribution in [3.63, 3.8) is 0 Å². The van der Waals surface area contributed by atoms with Gasteiger partial charge in [-0.25, -0.2) is 0 Å². The van der Waals surface area contributed by atoms with Crippen LogP contribution in [-0.4, -0.2) is 14.6 Å². The number of hydrazone groups is 1. The van der Waals surface area contributed by atoms with E-state index in [9.17, 15) is 8.42 Å². The maximum absolute atomic E-state index is 11.7. The second-order valence-corrected chi connectivity index (χ2v) is 4.74. The molecule has 5 heteroatoms. The van der Waals surface area contributed by atoms with Crippen molar-refractivity contribution >= 4 is 16.2 Å². The van der Waals surface area contributed by atoms with E-state index in [1.165, 1.54) is 12.1 Å². The SMILES string of the molecule is C#CC#CC=NNS(=O)(=O)c1ccc(C)cc1. The minimum Gasteiger partial charge on any atom is -0.200 e. The Labute approximate surface area is 101 Å². The lowest BCUT2D eigenvalue weighted by atomic mass is 10.2. The smallest absolute Gasteiger partial charge is 0.200 e. The Morgan fingerprint density at radius 2 is 2.00 bits per heavy atom. The van der Waals surface area contributed by atoms with Crippen molar-refractivity contribution in [1.29, 1.82) is 0 Å². The van der Waals surface area contributed by atoms with Gasteiger partial charge in [-0.05, 0) is 36.8 Å². The summed E-state index contributed by atoms with van der Waals surface area (Å²) in [5.41, 5.74) is 0.979. The van der Waals surface area contributed by atoms with Crippen molar-refractivity contribution < 1.29 is 8.42 Å². The number of aryl methyl sites for hydroxylation is 1. The number of hydrogen-bond acceptors (Lipinski definition) is 3. The molecule has 0 aliphatic carbocycles. The van der Waals surface area contributed by atoms with Crippen molar-refractivity contribution in [2.45, 2.75) is 11.8 Å². The molecule has 1 aromatic carbocycles. The second kappa shape index (κ2) is 5.74. The predicted octanol–water partition coefficient (Wildman–Crippen LogP) is 0.896. The van der Waals surface area contributed by atoms with Gasteiger partial charge in [0.1, 0.15) is 0 Å². The van der Waals surface area contributed by atoms with Gasteiger partial charge in [-0.2, -0.15) is 18.4 Å². The van der Waals surface area contributed by atoms with Crippen molar-refractivity contribution in [3.05, 3.63) is 29.8 Å². The second-order valence-electron chi connectivity index (χ2n) is 3.08. The summed E-state index contributed by atoms with van der Waals surface area (Å²) >= 11 is 0. The zero-order valence-corrected chi connectivity index (χ0v) is 9.95. The number of benzene rings is 1. The highest BCUT2D eigenvalue weighted by atomic mass is 32.2. The van der Waals surface area contributed by atoms with Gasteiger partial charge >= 0.3 is 0 Å². The van der Waals surface area contributed by atoms with Crippen LogP contribution in [0.4, 0.5) is 0 Å². The van der Waals surface area contributed by atoms with Crippen LogP contribution in [0.1, 0.15) is 5.56 Å². The lowest BCUT2D eigenvalue weighted by Gasteiger charge is -2.02. The summed E-state index contributed by atoms with van der Waals surface area (Å²) < 4.78 is 23.3. The Kier molecular flexibility index (Phi) is 4.33. The summed E-state index contributed by atoms with van der Waals surface area (Å²) in [6, 6.07) is 6.41.